The van der Waals surface area contributed by atoms with Crippen LogP contribution in [0.15, 0.2) is 48.5 Å². The summed E-state index contributed by atoms with van der Waals surface area (Å²) in [6.45, 7) is 2.38. The van der Waals surface area contributed by atoms with Crippen molar-refractivity contribution in [3.8, 4) is 11.8 Å². The van der Waals surface area contributed by atoms with E-state index >= 15 is 0 Å². The van der Waals surface area contributed by atoms with Crippen LogP contribution < -0.4 is 9.64 Å². The molecule has 0 aliphatic carbocycles. The maximum Gasteiger partial charge on any atom is 0.338 e. The number of nitrogens with zero attached hydrogens (tertiary/aromatic N) is 2. The van der Waals surface area contributed by atoms with Gasteiger partial charge >= 0.3 is 5.97 Å². The van der Waals surface area contributed by atoms with Crippen LogP contribution in [0.2, 0.25) is 0 Å². The van der Waals surface area contributed by atoms with Gasteiger partial charge in [-0.25, -0.2) is 4.79 Å². The quantitative estimate of drug-likeness (QED) is 0.736. The lowest BCUT2D eigenvalue weighted by molar-refractivity contribution is -0.126. The summed E-state index contributed by atoms with van der Waals surface area (Å²) in [7, 11) is 0. The Morgan fingerprint density at radius 3 is 2.78 bits per heavy atom. The average Bonchev–Trinajstić information content (AvgIpc) is 3.16. The van der Waals surface area contributed by atoms with Crippen molar-refractivity contribution in [3.05, 3.63) is 59.7 Å². The van der Waals surface area contributed by atoms with Gasteiger partial charge in [0.15, 0.2) is 6.10 Å². The van der Waals surface area contributed by atoms with Crippen LogP contribution in [0.25, 0.3) is 0 Å². The SMILES string of the molecule is CC(OC(=O)c1ccc2c(c1)CCO2)C(=O)N(CCC#N)c1ccccc1. The zero-order valence-corrected chi connectivity index (χ0v) is 15.1. The van der Waals surface area contributed by atoms with Crippen molar-refractivity contribution < 1.29 is 19.1 Å². The summed E-state index contributed by atoms with van der Waals surface area (Å²) in [4.78, 5) is 26.7. The monoisotopic (exact) mass is 364 g/mol. The molecule has 6 nitrogen and oxygen atoms in total. The third kappa shape index (κ3) is 4.26. The van der Waals surface area contributed by atoms with Gasteiger partial charge in [-0.15, -0.1) is 0 Å². The molecule has 0 spiro atoms. The number of benzene rings is 2. The zero-order valence-electron chi connectivity index (χ0n) is 15.1. The molecule has 1 aliphatic rings. The summed E-state index contributed by atoms with van der Waals surface area (Å²) in [5, 5.41) is 8.87. The van der Waals surface area contributed by atoms with Crippen molar-refractivity contribution in [3.63, 3.8) is 0 Å². The summed E-state index contributed by atoms with van der Waals surface area (Å²) >= 11 is 0. The number of amides is 1. The molecule has 0 radical (unpaired) electrons. The number of para-hydroxylation sites is 1. The maximum atomic E-state index is 12.8. The predicted octanol–water partition coefficient (Wildman–Crippen LogP) is 3.11. The van der Waals surface area contributed by atoms with E-state index in [2.05, 4.69) is 0 Å². The first-order valence-corrected chi connectivity index (χ1v) is 8.80. The Bertz CT molecular complexity index is 873. The molecule has 0 fully saturated rings. The molecule has 2 aromatic rings. The molecule has 1 atom stereocenters. The molecule has 1 amide bonds. The molecule has 0 aromatic heterocycles. The Labute approximate surface area is 157 Å². The van der Waals surface area contributed by atoms with Gasteiger partial charge in [0.25, 0.3) is 5.91 Å². The molecule has 0 saturated heterocycles. The highest BCUT2D eigenvalue weighted by atomic mass is 16.5. The summed E-state index contributed by atoms with van der Waals surface area (Å²) < 4.78 is 10.8. The molecule has 3 rings (SSSR count). The van der Waals surface area contributed by atoms with Gasteiger partial charge in [0.1, 0.15) is 5.75 Å². The van der Waals surface area contributed by atoms with Crippen LogP contribution in [0.3, 0.4) is 0 Å². The number of anilines is 1. The van der Waals surface area contributed by atoms with Crippen molar-refractivity contribution >= 4 is 17.6 Å². The molecular weight excluding hydrogens is 344 g/mol. The highest BCUT2D eigenvalue weighted by Gasteiger charge is 2.26. The largest absolute Gasteiger partial charge is 0.493 e. The van der Waals surface area contributed by atoms with E-state index in [-0.39, 0.29) is 18.9 Å². The number of esters is 1. The minimum absolute atomic E-state index is 0.187. The second-order valence-corrected chi connectivity index (χ2v) is 6.20. The van der Waals surface area contributed by atoms with Crippen LogP contribution in [0.1, 0.15) is 29.3 Å². The molecule has 1 heterocycles. The van der Waals surface area contributed by atoms with Gasteiger partial charge in [-0.1, -0.05) is 18.2 Å². The molecular formula is C21H20N2O4. The number of carbonyl (C=O) groups excluding carboxylic acids is 2. The third-order valence-corrected chi connectivity index (χ3v) is 4.34. The Hall–Kier alpha value is -3.33. The Morgan fingerprint density at radius 2 is 2.04 bits per heavy atom. The summed E-state index contributed by atoms with van der Waals surface area (Å²) in [5.41, 5.74) is 2.01. The van der Waals surface area contributed by atoms with Gasteiger partial charge in [0, 0.05) is 18.7 Å². The van der Waals surface area contributed by atoms with E-state index in [1.165, 1.54) is 4.90 Å². The van der Waals surface area contributed by atoms with Crippen LogP contribution in [0.5, 0.6) is 5.75 Å². The van der Waals surface area contributed by atoms with Crippen molar-refractivity contribution in [2.75, 3.05) is 18.1 Å². The minimum Gasteiger partial charge on any atom is -0.493 e. The van der Waals surface area contributed by atoms with Crippen LogP contribution in [0.4, 0.5) is 5.69 Å². The molecule has 6 heteroatoms. The van der Waals surface area contributed by atoms with Crippen LogP contribution in [-0.4, -0.2) is 31.1 Å². The minimum atomic E-state index is -0.971. The van der Waals surface area contributed by atoms with E-state index in [0.29, 0.717) is 17.9 Å². The molecule has 0 N–H and O–H groups in total. The van der Waals surface area contributed by atoms with Crippen molar-refractivity contribution in [2.45, 2.75) is 25.9 Å². The Kier molecular flexibility index (Phi) is 5.72. The number of hydrogen-bond donors (Lipinski definition) is 0. The molecule has 0 saturated carbocycles. The van der Waals surface area contributed by atoms with Crippen LogP contribution >= 0.6 is 0 Å². The van der Waals surface area contributed by atoms with E-state index in [1.807, 2.05) is 24.3 Å². The summed E-state index contributed by atoms with van der Waals surface area (Å²) in [6.07, 6.45) is -0.0339. The number of nitriles is 1. The fourth-order valence-electron chi connectivity index (χ4n) is 2.95. The third-order valence-electron chi connectivity index (χ3n) is 4.34. The summed E-state index contributed by atoms with van der Waals surface area (Å²) in [6, 6.07) is 16.2. The van der Waals surface area contributed by atoms with Crippen LogP contribution in [0, 0.1) is 11.3 Å². The lowest BCUT2D eigenvalue weighted by Crippen LogP contribution is -2.40. The van der Waals surface area contributed by atoms with E-state index in [4.69, 9.17) is 14.7 Å². The number of rotatable bonds is 6. The highest BCUT2D eigenvalue weighted by molar-refractivity contribution is 5.99. The van der Waals surface area contributed by atoms with Gasteiger partial charge in [-0.05, 0) is 42.8 Å². The molecule has 1 aliphatic heterocycles. The van der Waals surface area contributed by atoms with E-state index < -0.39 is 12.1 Å². The normalized spacial score (nSPS) is 13.0. The number of hydrogen-bond acceptors (Lipinski definition) is 5. The zero-order chi connectivity index (χ0) is 19.2. The maximum absolute atomic E-state index is 12.8. The number of carbonyl (C=O) groups is 2. The van der Waals surface area contributed by atoms with E-state index in [0.717, 1.165) is 17.7 Å². The first kappa shape index (κ1) is 18.5. The fraction of sp³-hybridized carbons (Fsp3) is 0.286. The molecule has 27 heavy (non-hydrogen) atoms. The molecule has 0 bridgehead atoms. The standard InChI is InChI=1S/C21H20N2O4/c1-15(20(24)23(12-5-11-22)18-6-3-2-4-7-18)27-21(25)17-8-9-19-16(14-17)10-13-26-19/h2-4,6-9,14-15H,5,10,12-13H2,1H3. The average molecular weight is 364 g/mol. The lowest BCUT2D eigenvalue weighted by Gasteiger charge is -2.25. The number of fused-ring (bicyclic) bond motifs is 1. The predicted molar refractivity (Wildman–Crippen MR) is 99.5 cm³/mol. The van der Waals surface area contributed by atoms with Crippen molar-refractivity contribution in [1.82, 2.24) is 0 Å². The van der Waals surface area contributed by atoms with E-state index in [1.54, 1.807) is 37.3 Å². The van der Waals surface area contributed by atoms with Crippen molar-refractivity contribution in [2.24, 2.45) is 0 Å². The molecule has 2 aromatic carbocycles. The van der Waals surface area contributed by atoms with E-state index in [9.17, 15) is 9.59 Å². The van der Waals surface area contributed by atoms with Gasteiger partial charge in [-0.3, -0.25) is 4.79 Å². The van der Waals surface area contributed by atoms with Crippen LogP contribution in [-0.2, 0) is 16.0 Å². The smallest absolute Gasteiger partial charge is 0.338 e. The fourth-order valence-corrected chi connectivity index (χ4v) is 2.95. The molecule has 138 valence electrons. The topological polar surface area (TPSA) is 79.6 Å². The Balaban J connectivity index is 1.71. The van der Waals surface area contributed by atoms with Gasteiger partial charge in [-0.2, -0.15) is 5.26 Å². The molecule has 1 unspecified atom stereocenters. The summed E-state index contributed by atoms with van der Waals surface area (Å²) in [5.74, 6) is -0.143. The Morgan fingerprint density at radius 1 is 1.26 bits per heavy atom. The van der Waals surface area contributed by atoms with Gasteiger partial charge < -0.3 is 14.4 Å². The second kappa shape index (κ2) is 8.37. The van der Waals surface area contributed by atoms with Gasteiger partial charge in [0.2, 0.25) is 0 Å². The highest BCUT2D eigenvalue weighted by Crippen LogP contribution is 2.26. The number of ether oxygens (including phenoxy) is 2. The first-order chi connectivity index (χ1) is 13.1. The van der Waals surface area contributed by atoms with Crippen molar-refractivity contribution in [1.29, 1.82) is 5.26 Å². The second-order valence-electron chi connectivity index (χ2n) is 6.20. The van der Waals surface area contributed by atoms with Gasteiger partial charge in [0.05, 0.1) is 24.7 Å². The lowest BCUT2D eigenvalue weighted by atomic mass is 10.1. The first-order valence-electron chi connectivity index (χ1n) is 8.80.